The van der Waals surface area contributed by atoms with Crippen LogP contribution in [0, 0.1) is 17.2 Å². The highest BCUT2D eigenvalue weighted by Crippen LogP contribution is 2.02. The molecule has 0 aliphatic rings. The highest BCUT2D eigenvalue weighted by atomic mass is 16.1. The molecule has 62 valence electrons. The van der Waals surface area contributed by atoms with Crippen LogP contribution in [0.25, 0.3) is 0 Å². The van der Waals surface area contributed by atoms with Gasteiger partial charge in [-0.05, 0) is 19.1 Å². The van der Waals surface area contributed by atoms with E-state index in [0.29, 0.717) is 0 Å². The zero-order chi connectivity index (χ0) is 8.97. The van der Waals surface area contributed by atoms with Crippen molar-refractivity contribution < 1.29 is 4.79 Å². The van der Waals surface area contributed by atoms with Gasteiger partial charge in [-0.15, -0.1) is 0 Å². The zero-order valence-electron chi connectivity index (χ0n) is 6.90. The molecule has 0 fully saturated rings. The number of carbonyl (C=O) groups is 1. The van der Waals surface area contributed by atoms with Crippen molar-refractivity contribution in [2.45, 2.75) is 13.3 Å². The normalized spacial score (nSPS) is 12.0. The van der Waals surface area contributed by atoms with Gasteiger partial charge in [-0.3, -0.25) is 9.36 Å². The van der Waals surface area contributed by atoms with Gasteiger partial charge in [-0.25, -0.2) is 0 Å². The molecule has 12 heavy (non-hydrogen) atoms. The molecule has 0 spiro atoms. The van der Waals surface area contributed by atoms with Crippen LogP contribution in [-0.2, 0) is 0 Å². The lowest BCUT2D eigenvalue weighted by atomic mass is 10.1. The summed E-state index contributed by atoms with van der Waals surface area (Å²) in [5, 5.41) is 8.47. The summed E-state index contributed by atoms with van der Waals surface area (Å²) in [7, 11) is 0. The number of aromatic nitrogens is 1. The maximum atomic E-state index is 11.3. The average molecular weight is 162 g/mol. The van der Waals surface area contributed by atoms with Crippen LogP contribution in [0.15, 0.2) is 24.5 Å². The Bertz CT molecular complexity index is 295. The molecule has 1 aromatic heterocycles. The second-order valence-electron chi connectivity index (χ2n) is 2.72. The van der Waals surface area contributed by atoms with Crippen molar-refractivity contribution in [2.75, 3.05) is 0 Å². The molecule has 0 unspecified atom stereocenters. The highest BCUT2D eigenvalue weighted by Gasteiger charge is 2.08. The molecule has 0 aliphatic carbocycles. The van der Waals surface area contributed by atoms with Gasteiger partial charge in [0.1, 0.15) is 0 Å². The summed E-state index contributed by atoms with van der Waals surface area (Å²) >= 11 is 0. The van der Waals surface area contributed by atoms with E-state index in [4.69, 9.17) is 5.26 Å². The monoisotopic (exact) mass is 162 g/mol. The van der Waals surface area contributed by atoms with Crippen LogP contribution in [0.2, 0.25) is 0 Å². The fraction of sp³-hybridized carbons (Fsp3) is 0.333. The Balaban J connectivity index is 2.57. The summed E-state index contributed by atoms with van der Waals surface area (Å²) in [6.07, 6.45) is 3.66. The average Bonchev–Trinajstić information content (AvgIpc) is 2.56. The van der Waals surface area contributed by atoms with Crippen LogP contribution in [0.3, 0.4) is 0 Å². The molecule has 0 saturated carbocycles. The van der Waals surface area contributed by atoms with Gasteiger partial charge in [0, 0.05) is 18.8 Å². The van der Waals surface area contributed by atoms with Crippen LogP contribution in [-0.4, -0.2) is 10.5 Å². The first-order chi connectivity index (χ1) is 5.74. The number of rotatable bonds is 2. The number of nitriles is 1. The van der Waals surface area contributed by atoms with Gasteiger partial charge in [0.15, 0.2) is 0 Å². The molecule has 1 atom stereocenters. The third-order valence-electron chi connectivity index (χ3n) is 1.59. The molecule has 0 bridgehead atoms. The minimum Gasteiger partial charge on any atom is -0.295 e. The number of carbonyl (C=O) groups excluding carboxylic acids is 1. The summed E-state index contributed by atoms with van der Waals surface area (Å²) in [4.78, 5) is 11.3. The molecule has 1 heterocycles. The lowest BCUT2D eigenvalue weighted by molar-refractivity contribution is 0.0892. The van der Waals surface area contributed by atoms with Gasteiger partial charge in [0.25, 0.3) is 0 Å². The molecular weight excluding hydrogens is 152 g/mol. The lowest BCUT2D eigenvalue weighted by Gasteiger charge is -2.01. The van der Waals surface area contributed by atoms with E-state index in [2.05, 4.69) is 0 Å². The first kappa shape index (κ1) is 8.54. The minimum atomic E-state index is -0.208. The smallest absolute Gasteiger partial charge is 0.231 e. The van der Waals surface area contributed by atoms with E-state index >= 15 is 0 Å². The maximum Gasteiger partial charge on any atom is 0.231 e. The van der Waals surface area contributed by atoms with Gasteiger partial charge in [0.05, 0.1) is 12.0 Å². The summed E-state index contributed by atoms with van der Waals surface area (Å²) in [6.45, 7) is 1.74. The molecular formula is C9H10N2O. The Hall–Kier alpha value is -1.56. The highest BCUT2D eigenvalue weighted by molar-refractivity contribution is 5.79. The van der Waals surface area contributed by atoms with E-state index in [1.54, 1.807) is 31.5 Å². The molecule has 0 saturated heterocycles. The van der Waals surface area contributed by atoms with Gasteiger partial charge >= 0.3 is 0 Å². The summed E-state index contributed by atoms with van der Waals surface area (Å²) in [5.74, 6) is -0.242. The molecule has 0 aliphatic heterocycles. The number of hydrogen-bond acceptors (Lipinski definition) is 2. The Kier molecular flexibility index (Phi) is 2.65. The lowest BCUT2D eigenvalue weighted by Crippen LogP contribution is -2.11. The van der Waals surface area contributed by atoms with E-state index in [1.807, 2.05) is 6.07 Å². The quantitative estimate of drug-likeness (QED) is 0.664. The molecule has 3 nitrogen and oxygen atoms in total. The van der Waals surface area contributed by atoms with Crippen molar-refractivity contribution >= 4 is 5.91 Å². The van der Waals surface area contributed by atoms with Crippen LogP contribution in [0.1, 0.15) is 18.1 Å². The summed E-state index contributed by atoms with van der Waals surface area (Å²) < 4.78 is 1.49. The maximum absolute atomic E-state index is 11.3. The second-order valence-corrected chi connectivity index (χ2v) is 2.72. The predicted octanol–water partition coefficient (Wildman–Crippen LogP) is 1.68. The van der Waals surface area contributed by atoms with E-state index in [1.165, 1.54) is 4.57 Å². The van der Waals surface area contributed by atoms with Crippen molar-refractivity contribution in [2.24, 2.45) is 5.92 Å². The van der Waals surface area contributed by atoms with Gasteiger partial charge in [0.2, 0.25) is 5.91 Å². The van der Waals surface area contributed by atoms with Crippen LogP contribution < -0.4 is 0 Å². The first-order valence-electron chi connectivity index (χ1n) is 3.80. The van der Waals surface area contributed by atoms with E-state index in [0.717, 1.165) is 0 Å². The Morgan fingerprint density at radius 1 is 1.58 bits per heavy atom. The standard InChI is InChI=1S/C9H10N2O/c1-8(7-10)6-9(12)11-4-2-3-5-11/h2-5,8H,6H2,1H3/t8-/m1/s1. The van der Waals surface area contributed by atoms with Crippen LogP contribution >= 0.6 is 0 Å². The van der Waals surface area contributed by atoms with E-state index < -0.39 is 0 Å². The van der Waals surface area contributed by atoms with Crippen molar-refractivity contribution in [3.63, 3.8) is 0 Å². The van der Waals surface area contributed by atoms with Crippen LogP contribution in [0.4, 0.5) is 0 Å². The van der Waals surface area contributed by atoms with Crippen molar-refractivity contribution in [1.29, 1.82) is 5.26 Å². The number of hydrogen-bond donors (Lipinski definition) is 0. The Morgan fingerprint density at radius 2 is 2.17 bits per heavy atom. The molecule has 1 aromatic rings. The van der Waals surface area contributed by atoms with E-state index in [-0.39, 0.29) is 18.2 Å². The van der Waals surface area contributed by atoms with E-state index in [9.17, 15) is 4.79 Å². The predicted molar refractivity (Wildman–Crippen MR) is 44.5 cm³/mol. The second kappa shape index (κ2) is 3.72. The Labute approximate surface area is 71.2 Å². The largest absolute Gasteiger partial charge is 0.295 e. The molecule has 0 N–H and O–H groups in total. The third kappa shape index (κ3) is 1.96. The fourth-order valence-corrected chi connectivity index (χ4v) is 0.914. The Morgan fingerprint density at radius 3 is 2.67 bits per heavy atom. The SMILES string of the molecule is C[C@@H](C#N)CC(=O)n1cccc1. The molecule has 0 amide bonds. The number of nitrogens with zero attached hydrogens (tertiary/aromatic N) is 2. The van der Waals surface area contributed by atoms with Crippen molar-refractivity contribution in [3.05, 3.63) is 24.5 Å². The topological polar surface area (TPSA) is 45.8 Å². The third-order valence-corrected chi connectivity index (χ3v) is 1.59. The zero-order valence-corrected chi connectivity index (χ0v) is 6.90. The summed E-state index contributed by atoms with van der Waals surface area (Å²) in [5.41, 5.74) is 0. The van der Waals surface area contributed by atoms with Gasteiger partial charge < -0.3 is 0 Å². The molecule has 1 rings (SSSR count). The van der Waals surface area contributed by atoms with Gasteiger partial charge in [-0.1, -0.05) is 0 Å². The fourth-order valence-electron chi connectivity index (χ4n) is 0.914. The molecule has 0 aromatic carbocycles. The van der Waals surface area contributed by atoms with Crippen LogP contribution in [0.5, 0.6) is 0 Å². The molecule has 0 radical (unpaired) electrons. The summed E-state index contributed by atoms with van der Waals surface area (Å²) in [6, 6.07) is 5.60. The first-order valence-corrected chi connectivity index (χ1v) is 3.80. The van der Waals surface area contributed by atoms with Crippen molar-refractivity contribution in [3.8, 4) is 6.07 Å². The minimum absolute atomic E-state index is 0.0333. The van der Waals surface area contributed by atoms with Crippen molar-refractivity contribution in [1.82, 2.24) is 4.57 Å². The molecule has 3 heteroatoms. The van der Waals surface area contributed by atoms with Gasteiger partial charge in [-0.2, -0.15) is 5.26 Å².